The summed E-state index contributed by atoms with van der Waals surface area (Å²) in [6, 6.07) is 12.5. The molecule has 2 aliphatic heterocycles. The zero-order valence-electron chi connectivity index (χ0n) is 15.1. The summed E-state index contributed by atoms with van der Waals surface area (Å²) in [7, 11) is 0. The summed E-state index contributed by atoms with van der Waals surface area (Å²) < 4.78 is 0. The Balaban J connectivity index is 1.50. The number of carbonyl (C=O) groups excluding carboxylic acids is 2. The summed E-state index contributed by atoms with van der Waals surface area (Å²) in [6.07, 6.45) is 4.14. The number of benzene rings is 2. The van der Waals surface area contributed by atoms with Crippen LogP contribution in [0, 0.1) is 0 Å². The fourth-order valence-corrected chi connectivity index (χ4v) is 3.93. The van der Waals surface area contributed by atoms with E-state index in [0.717, 1.165) is 23.6 Å². The van der Waals surface area contributed by atoms with Crippen molar-refractivity contribution in [2.45, 2.75) is 19.4 Å². The highest BCUT2D eigenvalue weighted by atomic mass is 35.5. The Morgan fingerprint density at radius 3 is 2.39 bits per heavy atom. The standard InChI is InChI=1S/C21H19Cl2N3O2/c22-16-6-5-15(18(23)12-16)13-26-20(27)19(24-21(26)28)11-14-3-7-17(8-4-14)25-9-1-2-10-25/h3-8,11-12H,1-2,9-10,13H2,(H,24,28)/b19-11-. The molecule has 3 amide bonds. The van der Waals surface area contributed by atoms with Crippen molar-refractivity contribution in [2.24, 2.45) is 0 Å². The van der Waals surface area contributed by atoms with Crippen LogP contribution >= 0.6 is 23.2 Å². The van der Waals surface area contributed by atoms with Gasteiger partial charge in [0.25, 0.3) is 5.91 Å². The normalized spacial score (nSPS) is 18.3. The lowest BCUT2D eigenvalue weighted by Crippen LogP contribution is -2.30. The molecule has 0 atom stereocenters. The van der Waals surface area contributed by atoms with Gasteiger partial charge in [-0.1, -0.05) is 41.4 Å². The van der Waals surface area contributed by atoms with Gasteiger partial charge in [0.2, 0.25) is 0 Å². The van der Waals surface area contributed by atoms with Crippen LogP contribution in [0.4, 0.5) is 10.5 Å². The number of halogens is 2. The molecule has 0 aliphatic carbocycles. The van der Waals surface area contributed by atoms with E-state index in [2.05, 4.69) is 10.2 Å². The van der Waals surface area contributed by atoms with E-state index in [4.69, 9.17) is 23.2 Å². The lowest BCUT2D eigenvalue weighted by Gasteiger charge is -2.17. The smallest absolute Gasteiger partial charge is 0.329 e. The molecule has 0 saturated carbocycles. The van der Waals surface area contributed by atoms with Crippen molar-refractivity contribution in [3.8, 4) is 0 Å². The SMILES string of the molecule is O=C1N/C(=C\c2ccc(N3CCCC3)cc2)C(=O)N1Cc1ccc(Cl)cc1Cl. The van der Waals surface area contributed by atoms with Gasteiger partial charge in [0.15, 0.2) is 0 Å². The Hall–Kier alpha value is -2.50. The largest absolute Gasteiger partial charge is 0.372 e. The van der Waals surface area contributed by atoms with Crippen molar-refractivity contribution in [3.05, 3.63) is 69.3 Å². The maximum absolute atomic E-state index is 12.7. The van der Waals surface area contributed by atoms with Crippen LogP contribution < -0.4 is 10.2 Å². The van der Waals surface area contributed by atoms with Crippen molar-refractivity contribution in [2.75, 3.05) is 18.0 Å². The Bertz CT molecular complexity index is 951. The van der Waals surface area contributed by atoms with Crippen LogP contribution in [-0.2, 0) is 11.3 Å². The van der Waals surface area contributed by atoms with Crippen LogP contribution in [0.5, 0.6) is 0 Å². The zero-order chi connectivity index (χ0) is 19.7. The van der Waals surface area contributed by atoms with Crippen LogP contribution in [0.15, 0.2) is 48.2 Å². The highest BCUT2D eigenvalue weighted by Gasteiger charge is 2.33. The van der Waals surface area contributed by atoms with Gasteiger partial charge in [-0.15, -0.1) is 0 Å². The van der Waals surface area contributed by atoms with E-state index >= 15 is 0 Å². The summed E-state index contributed by atoms with van der Waals surface area (Å²) in [4.78, 5) is 28.4. The maximum atomic E-state index is 12.7. The van der Waals surface area contributed by atoms with Crippen LogP contribution in [-0.4, -0.2) is 29.9 Å². The number of nitrogens with one attached hydrogen (secondary N) is 1. The second-order valence-corrected chi connectivity index (χ2v) is 7.74. The van der Waals surface area contributed by atoms with Gasteiger partial charge < -0.3 is 10.2 Å². The quantitative estimate of drug-likeness (QED) is 0.582. The van der Waals surface area contributed by atoms with Crippen molar-refractivity contribution in [1.29, 1.82) is 0 Å². The number of carbonyl (C=O) groups is 2. The van der Waals surface area contributed by atoms with E-state index in [1.54, 1.807) is 24.3 Å². The van der Waals surface area contributed by atoms with Gasteiger partial charge in [0.1, 0.15) is 5.70 Å². The minimum atomic E-state index is -0.462. The van der Waals surface area contributed by atoms with Gasteiger partial charge in [-0.05, 0) is 54.3 Å². The van der Waals surface area contributed by atoms with Gasteiger partial charge >= 0.3 is 6.03 Å². The van der Waals surface area contributed by atoms with E-state index in [0.29, 0.717) is 15.6 Å². The van der Waals surface area contributed by atoms with Crippen LogP contribution in [0.2, 0.25) is 10.0 Å². The minimum Gasteiger partial charge on any atom is -0.372 e. The van der Waals surface area contributed by atoms with Crippen molar-refractivity contribution >= 4 is 46.9 Å². The molecular weight excluding hydrogens is 397 g/mol. The number of imide groups is 1. The van der Waals surface area contributed by atoms with Crippen molar-refractivity contribution < 1.29 is 9.59 Å². The van der Waals surface area contributed by atoms with E-state index in [9.17, 15) is 9.59 Å². The van der Waals surface area contributed by atoms with E-state index in [-0.39, 0.29) is 18.1 Å². The monoisotopic (exact) mass is 415 g/mol. The van der Waals surface area contributed by atoms with E-state index in [1.165, 1.54) is 18.5 Å². The topological polar surface area (TPSA) is 52.7 Å². The lowest BCUT2D eigenvalue weighted by atomic mass is 10.1. The number of hydrogen-bond donors (Lipinski definition) is 1. The summed E-state index contributed by atoms with van der Waals surface area (Å²) >= 11 is 12.1. The predicted molar refractivity (Wildman–Crippen MR) is 111 cm³/mol. The second-order valence-electron chi connectivity index (χ2n) is 6.90. The fourth-order valence-electron chi connectivity index (χ4n) is 3.46. The first-order valence-electron chi connectivity index (χ1n) is 9.15. The van der Waals surface area contributed by atoms with Crippen molar-refractivity contribution in [1.82, 2.24) is 10.2 Å². The first-order chi connectivity index (χ1) is 13.5. The molecule has 1 N–H and O–H groups in total. The predicted octanol–water partition coefficient (Wildman–Crippen LogP) is 4.69. The molecule has 0 radical (unpaired) electrons. The Morgan fingerprint density at radius 1 is 1.00 bits per heavy atom. The molecule has 2 fully saturated rings. The molecule has 0 unspecified atom stereocenters. The number of rotatable bonds is 4. The third kappa shape index (κ3) is 3.86. The van der Waals surface area contributed by atoms with E-state index < -0.39 is 6.03 Å². The average molecular weight is 416 g/mol. The molecule has 0 aromatic heterocycles. The molecule has 2 saturated heterocycles. The van der Waals surface area contributed by atoms with Gasteiger partial charge in [-0.3, -0.25) is 9.69 Å². The molecule has 28 heavy (non-hydrogen) atoms. The molecule has 7 heteroatoms. The first-order valence-corrected chi connectivity index (χ1v) is 9.90. The molecule has 144 valence electrons. The summed E-state index contributed by atoms with van der Waals surface area (Å²) in [5.41, 5.74) is 2.95. The molecular formula is C21H19Cl2N3O2. The highest BCUT2D eigenvalue weighted by molar-refractivity contribution is 6.35. The number of anilines is 1. The molecule has 0 spiro atoms. The summed E-state index contributed by atoms with van der Waals surface area (Å²) in [6.45, 7) is 2.25. The molecule has 2 heterocycles. The first kappa shape index (κ1) is 18.8. The van der Waals surface area contributed by atoms with Gasteiger partial charge in [0, 0.05) is 28.8 Å². The maximum Gasteiger partial charge on any atom is 0.329 e. The van der Waals surface area contributed by atoms with Crippen LogP contribution in [0.25, 0.3) is 6.08 Å². The zero-order valence-corrected chi connectivity index (χ0v) is 16.6. The Kier molecular flexibility index (Phi) is 5.29. The number of nitrogens with zero attached hydrogens (tertiary/aromatic N) is 2. The highest BCUT2D eigenvalue weighted by Crippen LogP contribution is 2.25. The fraction of sp³-hybridized carbons (Fsp3) is 0.238. The van der Waals surface area contributed by atoms with Gasteiger partial charge in [0.05, 0.1) is 6.54 Å². The van der Waals surface area contributed by atoms with Crippen LogP contribution in [0.1, 0.15) is 24.0 Å². The van der Waals surface area contributed by atoms with Gasteiger partial charge in [-0.2, -0.15) is 0 Å². The molecule has 5 nitrogen and oxygen atoms in total. The van der Waals surface area contributed by atoms with Crippen molar-refractivity contribution in [3.63, 3.8) is 0 Å². The molecule has 2 aromatic carbocycles. The summed E-state index contributed by atoms with van der Waals surface area (Å²) in [5, 5.41) is 3.57. The molecule has 2 aliphatic rings. The minimum absolute atomic E-state index is 0.0892. The Labute approximate surface area is 173 Å². The Morgan fingerprint density at radius 2 is 1.71 bits per heavy atom. The van der Waals surface area contributed by atoms with Crippen LogP contribution in [0.3, 0.4) is 0 Å². The molecule has 0 bridgehead atoms. The third-order valence-corrected chi connectivity index (χ3v) is 5.57. The summed E-state index contributed by atoms with van der Waals surface area (Å²) in [5.74, 6) is -0.375. The second kappa shape index (κ2) is 7.86. The number of urea groups is 1. The lowest BCUT2D eigenvalue weighted by molar-refractivity contribution is -0.123. The van der Waals surface area contributed by atoms with E-state index in [1.807, 2.05) is 24.3 Å². The number of amides is 3. The third-order valence-electron chi connectivity index (χ3n) is 4.98. The average Bonchev–Trinajstić information content (AvgIpc) is 3.29. The van der Waals surface area contributed by atoms with Gasteiger partial charge in [-0.25, -0.2) is 4.79 Å². The number of hydrogen-bond acceptors (Lipinski definition) is 3. The molecule has 4 rings (SSSR count). The molecule has 2 aromatic rings.